The van der Waals surface area contributed by atoms with Crippen molar-refractivity contribution < 1.29 is 19.1 Å². The molecule has 1 atom stereocenters. The minimum absolute atomic E-state index is 0.0522. The van der Waals surface area contributed by atoms with E-state index in [9.17, 15) is 14.4 Å². The number of carbonyl (C=O) groups is 3. The van der Waals surface area contributed by atoms with Crippen molar-refractivity contribution in [2.45, 2.75) is 44.9 Å². The summed E-state index contributed by atoms with van der Waals surface area (Å²) in [7, 11) is 0. The van der Waals surface area contributed by atoms with Gasteiger partial charge in [-0.3, -0.25) is 14.6 Å². The van der Waals surface area contributed by atoms with Crippen molar-refractivity contribution in [3.63, 3.8) is 0 Å². The lowest BCUT2D eigenvalue weighted by Crippen LogP contribution is -2.52. The summed E-state index contributed by atoms with van der Waals surface area (Å²) < 4.78 is 5.39. The molecular formula is C32H36N6O4. The molecule has 0 spiro atoms. The van der Waals surface area contributed by atoms with E-state index in [1.807, 2.05) is 80.6 Å². The molecular weight excluding hydrogens is 532 g/mol. The molecule has 2 aromatic carbocycles. The quantitative estimate of drug-likeness (QED) is 0.225. The standard InChI is InChI=1S/C32H36N6O4/c1-32(2,26-13-7-4-8-14-26)22-35-29(39)20-38(19-25-12-9-15-33-17-25)30(40)28(16-27-18-34-23-36-27)37-31(41)42-21-24-10-5-3-6-11-24/h3-15,17-18,23,28H,16,19-22H2,1-2H3,(H,34,36)(H,35,39)(H,37,41). The molecule has 4 rings (SSSR count). The van der Waals surface area contributed by atoms with Gasteiger partial charge in [-0.2, -0.15) is 0 Å². The Hall–Kier alpha value is -4.99. The fraction of sp³-hybridized carbons (Fsp3) is 0.281. The fourth-order valence-electron chi connectivity index (χ4n) is 4.41. The van der Waals surface area contributed by atoms with Gasteiger partial charge in [0.1, 0.15) is 12.6 Å². The van der Waals surface area contributed by atoms with Crippen LogP contribution in [-0.2, 0) is 39.3 Å². The summed E-state index contributed by atoms with van der Waals surface area (Å²) in [6, 6.07) is 21.8. The zero-order chi connectivity index (χ0) is 29.8. The molecule has 0 radical (unpaired) electrons. The molecule has 4 aromatic rings. The number of aromatic amines is 1. The monoisotopic (exact) mass is 568 g/mol. The lowest BCUT2D eigenvalue weighted by Gasteiger charge is -2.29. The van der Waals surface area contributed by atoms with E-state index in [4.69, 9.17) is 4.74 Å². The van der Waals surface area contributed by atoms with Crippen molar-refractivity contribution in [2.75, 3.05) is 13.1 Å². The fourth-order valence-corrected chi connectivity index (χ4v) is 4.41. The number of pyridine rings is 1. The largest absolute Gasteiger partial charge is 0.445 e. The van der Waals surface area contributed by atoms with Crippen LogP contribution < -0.4 is 10.6 Å². The maximum Gasteiger partial charge on any atom is 0.408 e. The van der Waals surface area contributed by atoms with Gasteiger partial charge in [-0.1, -0.05) is 80.6 Å². The van der Waals surface area contributed by atoms with Gasteiger partial charge in [0.05, 0.1) is 12.9 Å². The summed E-state index contributed by atoms with van der Waals surface area (Å²) in [6.07, 6.45) is 5.75. The molecule has 10 nitrogen and oxygen atoms in total. The molecule has 2 heterocycles. The number of alkyl carbamates (subject to hydrolysis) is 1. The average Bonchev–Trinajstić information content (AvgIpc) is 3.53. The summed E-state index contributed by atoms with van der Waals surface area (Å²) >= 11 is 0. The van der Waals surface area contributed by atoms with Crippen LogP contribution in [0.1, 0.15) is 36.2 Å². The van der Waals surface area contributed by atoms with Crippen molar-refractivity contribution in [1.29, 1.82) is 0 Å². The molecule has 0 bridgehead atoms. The lowest BCUT2D eigenvalue weighted by atomic mass is 9.84. The number of H-pyrrole nitrogens is 1. The Bertz CT molecular complexity index is 1410. The normalized spacial score (nSPS) is 11.8. The topological polar surface area (TPSA) is 129 Å². The van der Waals surface area contributed by atoms with E-state index < -0.39 is 18.0 Å². The summed E-state index contributed by atoms with van der Waals surface area (Å²) in [5.74, 6) is -0.759. The molecule has 0 saturated carbocycles. The SMILES string of the molecule is CC(C)(CNC(=O)CN(Cc1cccnc1)C(=O)C(Cc1cnc[nH]1)NC(=O)OCc1ccccc1)c1ccccc1. The first-order chi connectivity index (χ1) is 20.3. The van der Waals surface area contributed by atoms with Gasteiger partial charge in [0.2, 0.25) is 11.8 Å². The number of nitrogens with one attached hydrogen (secondary N) is 3. The summed E-state index contributed by atoms with van der Waals surface area (Å²) in [5, 5.41) is 5.67. The Morgan fingerprint density at radius 3 is 2.31 bits per heavy atom. The molecule has 2 aromatic heterocycles. The highest BCUT2D eigenvalue weighted by Crippen LogP contribution is 2.21. The zero-order valence-corrected chi connectivity index (χ0v) is 23.8. The Morgan fingerprint density at radius 2 is 1.64 bits per heavy atom. The Kier molecular flexibility index (Phi) is 10.4. The number of imidazole rings is 1. The maximum atomic E-state index is 14.0. The van der Waals surface area contributed by atoms with Crippen molar-refractivity contribution in [3.8, 4) is 0 Å². The third-order valence-electron chi connectivity index (χ3n) is 6.81. The van der Waals surface area contributed by atoms with Crippen molar-refractivity contribution in [3.05, 3.63) is 120 Å². The van der Waals surface area contributed by atoms with Crippen LogP contribution in [0.15, 0.2) is 97.7 Å². The molecule has 42 heavy (non-hydrogen) atoms. The van der Waals surface area contributed by atoms with Gasteiger partial charge in [0, 0.05) is 49.2 Å². The van der Waals surface area contributed by atoms with E-state index in [1.54, 1.807) is 24.7 Å². The number of hydrogen-bond acceptors (Lipinski definition) is 6. The molecule has 0 fully saturated rings. The van der Waals surface area contributed by atoms with E-state index in [2.05, 4.69) is 25.6 Å². The van der Waals surface area contributed by atoms with Crippen LogP contribution in [0.25, 0.3) is 0 Å². The number of ether oxygens (including phenoxy) is 1. The zero-order valence-electron chi connectivity index (χ0n) is 23.8. The first-order valence-electron chi connectivity index (χ1n) is 13.7. The molecule has 0 aliphatic rings. The third-order valence-corrected chi connectivity index (χ3v) is 6.81. The van der Waals surface area contributed by atoms with Crippen LogP contribution in [0.3, 0.4) is 0 Å². The van der Waals surface area contributed by atoms with Crippen molar-refractivity contribution in [2.24, 2.45) is 0 Å². The van der Waals surface area contributed by atoms with Gasteiger partial charge in [-0.15, -0.1) is 0 Å². The van der Waals surface area contributed by atoms with Gasteiger partial charge in [0.15, 0.2) is 0 Å². The van der Waals surface area contributed by atoms with Crippen molar-refractivity contribution in [1.82, 2.24) is 30.5 Å². The number of benzene rings is 2. The van der Waals surface area contributed by atoms with Crippen molar-refractivity contribution >= 4 is 17.9 Å². The molecule has 3 N–H and O–H groups in total. The van der Waals surface area contributed by atoms with Crippen LogP contribution in [-0.4, -0.2) is 56.9 Å². The Labute approximate surface area is 245 Å². The van der Waals surface area contributed by atoms with E-state index >= 15 is 0 Å². The summed E-state index contributed by atoms with van der Waals surface area (Å²) in [4.78, 5) is 52.5. The number of carbonyl (C=O) groups excluding carboxylic acids is 3. The Balaban J connectivity index is 1.48. The molecule has 0 saturated heterocycles. The molecule has 1 unspecified atom stereocenters. The second kappa shape index (κ2) is 14.6. The number of rotatable bonds is 13. The average molecular weight is 569 g/mol. The minimum Gasteiger partial charge on any atom is -0.445 e. The second-order valence-electron chi connectivity index (χ2n) is 10.6. The predicted octanol–water partition coefficient (Wildman–Crippen LogP) is 3.77. The molecule has 0 aliphatic heterocycles. The highest BCUT2D eigenvalue weighted by atomic mass is 16.5. The summed E-state index contributed by atoms with van der Waals surface area (Å²) in [5.41, 5.74) is 2.98. The number of aromatic nitrogens is 3. The van der Waals surface area contributed by atoms with Gasteiger partial charge < -0.3 is 25.3 Å². The van der Waals surface area contributed by atoms with E-state index in [0.29, 0.717) is 12.2 Å². The van der Waals surface area contributed by atoms with Gasteiger partial charge in [0.25, 0.3) is 0 Å². The smallest absolute Gasteiger partial charge is 0.408 e. The van der Waals surface area contributed by atoms with Gasteiger partial charge in [-0.05, 0) is 22.8 Å². The lowest BCUT2D eigenvalue weighted by molar-refractivity contribution is -0.138. The molecule has 10 heteroatoms. The number of nitrogens with zero attached hydrogens (tertiary/aromatic N) is 3. The second-order valence-corrected chi connectivity index (χ2v) is 10.6. The van der Waals surface area contributed by atoms with Crippen LogP contribution in [0.5, 0.6) is 0 Å². The molecule has 3 amide bonds. The number of amides is 3. The van der Waals surface area contributed by atoms with Crippen LogP contribution >= 0.6 is 0 Å². The van der Waals surface area contributed by atoms with Crippen LogP contribution in [0, 0.1) is 0 Å². The third kappa shape index (κ3) is 9.02. The Morgan fingerprint density at radius 1 is 0.929 bits per heavy atom. The number of hydrogen-bond donors (Lipinski definition) is 3. The van der Waals surface area contributed by atoms with E-state index in [1.165, 1.54) is 11.2 Å². The predicted molar refractivity (Wildman–Crippen MR) is 158 cm³/mol. The van der Waals surface area contributed by atoms with E-state index in [0.717, 1.165) is 16.7 Å². The molecule has 0 aliphatic carbocycles. The highest BCUT2D eigenvalue weighted by Gasteiger charge is 2.30. The van der Waals surface area contributed by atoms with E-state index in [-0.39, 0.29) is 37.4 Å². The van der Waals surface area contributed by atoms with Gasteiger partial charge >= 0.3 is 6.09 Å². The molecule has 218 valence electrons. The minimum atomic E-state index is -1.01. The highest BCUT2D eigenvalue weighted by molar-refractivity contribution is 5.89. The first-order valence-corrected chi connectivity index (χ1v) is 13.7. The van der Waals surface area contributed by atoms with Crippen LogP contribution in [0.2, 0.25) is 0 Å². The summed E-state index contributed by atoms with van der Waals surface area (Å²) in [6.45, 7) is 4.45. The van der Waals surface area contributed by atoms with Crippen LogP contribution in [0.4, 0.5) is 4.79 Å². The first kappa shape index (κ1) is 30.0. The van der Waals surface area contributed by atoms with Gasteiger partial charge in [-0.25, -0.2) is 9.78 Å². The maximum absolute atomic E-state index is 14.0.